The number of alkyl halides is 2. The van der Waals surface area contributed by atoms with Crippen molar-refractivity contribution in [1.29, 1.82) is 0 Å². The molecule has 0 aliphatic rings. The minimum Gasteiger partial charge on any atom is -0.367 e. The second-order valence-electron chi connectivity index (χ2n) is 6.13. The number of aromatic nitrogens is 3. The Morgan fingerprint density at radius 1 is 1.04 bits per heavy atom. The fourth-order valence-corrected chi connectivity index (χ4v) is 2.47. The lowest BCUT2D eigenvalue weighted by atomic mass is 10.1. The third kappa shape index (κ3) is 3.99. The van der Waals surface area contributed by atoms with Gasteiger partial charge in [0.1, 0.15) is 23.1 Å². The maximum atomic E-state index is 13.1. The largest absolute Gasteiger partial charge is 0.367 e. The SMILES string of the molecule is Cc1ccnc(Nc2cc3c(NC(C)C)nc(C(F)F)cc3cn2)c1. The van der Waals surface area contributed by atoms with Crippen LogP contribution in [0, 0.1) is 6.92 Å². The van der Waals surface area contributed by atoms with E-state index in [0.717, 1.165) is 10.9 Å². The zero-order valence-corrected chi connectivity index (χ0v) is 14.2. The molecular weight excluding hydrogens is 324 g/mol. The van der Waals surface area contributed by atoms with Crippen LogP contribution in [0.1, 0.15) is 31.5 Å². The fraction of sp³-hybridized carbons (Fsp3) is 0.278. The molecule has 0 amide bonds. The molecule has 0 unspecified atom stereocenters. The number of rotatable bonds is 5. The van der Waals surface area contributed by atoms with Crippen LogP contribution in [-0.2, 0) is 0 Å². The van der Waals surface area contributed by atoms with Crippen molar-refractivity contribution in [2.75, 3.05) is 10.6 Å². The molecule has 0 spiro atoms. The van der Waals surface area contributed by atoms with E-state index in [9.17, 15) is 8.78 Å². The first-order valence-corrected chi connectivity index (χ1v) is 7.97. The van der Waals surface area contributed by atoms with Gasteiger partial charge in [-0.05, 0) is 50.6 Å². The van der Waals surface area contributed by atoms with Gasteiger partial charge in [-0.25, -0.2) is 23.7 Å². The second kappa shape index (κ2) is 6.96. The zero-order valence-electron chi connectivity index (χ0n) is 14.2. The summed E-state index contributed by atoms with van der Waals surface area (Å²) < 4.78 is 26.2. The summed E-state index contributed by atoms with van der Waals surface area (Å²) in [4.78, 5) is 12.6. The van der Waals surface area contributed by atoms with Crippen molar-refractivity contribution in [2.24, 2.45) is 0 Å². The van der Waals surface area contributed by atoms with E-state index in [0.29, 0.717) is 22.8 Å². The summed E-state index contributed by atoms with van der Waals surface area (Å²) in [5.41, 5.74) is 0.808. The standard InChI is InChI=1S/C18H19F2N5/c1-10(2)23-18-13-8-16(25-15-6-11(3)4-5-21-15)22-9-12(13)7-14(24-18)17(19)20/h4-10,17H,1-3H3,(H,23,24)(H,21,22,25). The molecule has 3 aromatic rings. The van der Waals surface area contributed by atoms with Gasteiger partial charge in [-0.2, -0.15) is 0 Å². The van der Waals surface area contributed by atoms with Crippen LogP contribution in [-0.4, -0.2) is 21.0 Å². The van der Waals surface area contributed by atoms with Gasteiger partial charge in [-0.3, -0.25) is 0 Å². The maximum absolute atomic E-state index is 13.1. The van der Waals surface area contributed by atoms with Crippen molar-refractivity contribution < 1.29 is 8.78 Å². The average molecular weight is 343 g/mol. The summed E-state index contributed by atoms with van der Waals surface area (Å²) >= 11 is 0. The van der Waals surface area contributed by atoms with Gasteiger partial charge in [-0.15, -0.1) is 0 Å². The van der Waals surface area contributed by atoms with E-state index in [1.54, 1.807) is 18.5 Å². The zero-order chi connectivity index (χ0) is 18.0. The van der Waals surface area contributed by atoms with Crippen molar-refractivity contribution in [3.05, 3.63) is 47.9 Å². The number of nitrogens with one attached hydrogen (secondary N) is 2. The lowest BCUT2D eigenvalue weighted by molar-refractivity contribution is 0.146. The Bertz CT molecular complexity index is 896. The van der Waals surface area contributed by atoms with E-state index in [1.165, 1.54) is 6.07 Å². The Hall–Kier alpha value is -2.83. The van der Waals surface area contributed by atoms with E-state index in [2.05, 4.69) is 25.6 Å². The first kappa shape index (κ1) is 17.0. The van der Waals surface area contributed by atoms with Crippen LogP contribution in [0.5, 0.6) is 0 Å². The van der Waals surface area contributed by atoms with Crippen LogP contribution < -0.4 is 10.6 Å². The molecule has 0 aliphatic heterocycles. The quantitative estimate of drug-likeness (QED) is 0.694. The maximum Gasteiger partial charge on any atom is 0.280 e. The molecule has 130 valence electrons. The van der Waals surface area contributed by atoms with E-state index in [1.807, 2.05) is 32.9 Å². The van der Waals surface area contributed by atoms with Gasteiger partial charge in [0.2, 0.25) is 0 Å². The van der Waals surface area contributed by atoms with E-state index in [-0.39, 0.29) is 11.7 Å². The second-order valence-corrected chi connectivity index (χ2v) is 6.13. The van der Waals surface area contributed by atoms with Crippen LogP contribution in [0.25, 0.3) is 10.8 Å². The molecule has 0 saturated heterocycles. The van der Waals surface area contributed by atoms with Crippen molar-refractivity contribution >= 4 is 28.2 Å². The molecule has 2 N–H and O–H groups in total. The molecule has 7 heteroatoms. The van der Waals surface area contributed by atoms with Crippen molar-refractivity contribution in [2.45, 2.75) is 33.2 Å². The minimum absolute atomic E-state index is 0.0617. The van der Waals surface area contributed by atoms with Crippen LogP contribution in [0.15, 0.2) is 36.7 Å². The van der Waals surface area contributed by atoms with Gasteiger partial charge < -0.3 is 10.6 Å². The summed E-state index contributed by atoms with van der Waals surface area (Å²) in [5.74, 6) is 1.66. The summed E-state index contributed by atoms with van der Waals surface area (Å²) in [6, 6.07) is 7.02. The highest BCUT2D eigenvalue weighted by molar-refractivity contribution is 5.93. The Kier molecular flexibility index (Phi) is 4.74. The van der Waals surface area contributed by atoms with Gasteiger partial charge in [0.25, 0.3) is 6.43 Å². The normalized spacial score (nSPS) is 11.3. The lowest BCUT2D eigenvalue weighted by Crippen LogP contribution is -2.12. The van der Waals surface area contributed by atoms with Crippen LogP contribution in [0.3, 0.4) is 0 Å². The Morgan fingerprint density at radius 3 is 2.48 bits per heavy atom. The molecule has 0 fully saturated rings. The summed E-state index contributed by atoms with van der Waals surface area (Å²) in [6.07, 6.45) is 0.638. The number of hydrogen-bond donors (Lipinski definition) is 2. The predicted octanol–water partition coefficient (Wildman–Crippen LogP) is 4.83. The molecule has 0 aromatic carbocycles. The molecule has 3 aromatic heterocycles. The fourth-order valence-electron chi connectivity index (χ4n) is 2.47. The summed E-state index contributed by atoms with van der Waals surface area (Å²) in [6.45, 7) is 5.83. The number of pyridine rings is 3. The van der Waals surface area contributed by atoms with E-state index < -0.39 is 6.43 Å². The van der Waals surface area contributed by atoms with Crippen LogP contribution >= 0.6 is 0 Å². The van der Waals surface area contributed by atoms with E-state index >= 15 is 0 Å². The third-order valence-electron chi connectivity index (χ3n) is 3.55. The molecule has 0 bridgehead atoms. The first-order chi connectivity index (χ1) is 11.9. The number of hydrogen-bond acceptors (Lipinski definition) is 5. The van der Waals surface area contributed by atoms with Gasteiger partial charge in [0.15, 0.2) is 0 Å². The number of halogens is 2. The molecule has 3 rings (SSSR count). The Labute approximate surface area is 144 Å². The number of fused-ring (bicyclic) bond motifs is 1. The lowest BCUT2D eigenvalue weighted by Gasteiger charge is -2.14. The third-order valence-corrected chi connectivity index (χ3v) is 3.55. The first-order valence-electron chi connectivity index (χ1n) is 7.97. The van der Waals surface area contributed by atoms with Crippen LogP contribution in [0.4, 0.5) is 26.2 Å². The predicted molar refractivity (Wildman–Crippen MR) is 95.5 cm³/mol. The number of aryl methyl sites for hydroxylation is 1. The Morgan fingerprint density at radius 2 is 1.80 bits per heavy atom. The summed E-state index contributed by atoms with van der Waals surface area (Å²) in [7, 11) is 0. The van der Waals surface area contributed by atoms with Crippen molar-refractivity contribution in [1.82, 2.24) is 15.0 Å². The van der Waals surface area contributed by atoms with E-state index in [4.69, 9.17) is 0 Å². The highest BCUT2D eigenvalue weighted by Gasteiger charge is 2.15. The molecule has 0 atom stereocenters. The smallest absolute Gasteiger partial charge is 0.280 e. The topological polar surface area (TPSA) is 62.7 Å². The Balaban J connectivity index is 2.04. The van der Waals surface area contributed by atoms with Gasteiger partial charge in [-0.1, -0.05) is 0 Å². The number of nitrogens with zero attached hydrogens (tertiary/aromatic N) is 3. The molecular formula is C18H19F2N5. The highest BCUT2D eigenvalue weighted by atomic mass is 19.3. The highest BCUT2D eigenvalue weighted by Crippen LogP contribution is 2.29. The monoisotopic (exact) mass is 343 g/mol. The van der Waals surface area contributed by atoms with Gasteiger partial charge in [0.05, 0.1) is 0 Å². The molecule has 0 radical (unpaired) electrons. The molecule has 3 heterocycles. The number of anilines is 3. The van der Waals surface area contributed by atoms with Gasteiger partial charge >= 0.3 is 0 Å². The van der Waals surface area contributed by atoms with Crippen LogP contribution in [0.2, 0.25) is 0 Å². The van der Waals surface area contributed by atoms with Gasteiger partial charge in [0, 0.05) is 29.2 Å². The molecule has 25 heavy (non-hydrogen) atoms. The van der Waals surface area contributed by atoms with Crippen molar-refractivity contribution in [3.63, 3.8) is 0 Å². The minimum atomic E-state index is -2.63. The molecule has 0 aliphatic carbocycles. The van der Waals surface area contributed by atoms with Crippen molar-refractivity contribution in [3.8, 4) is 0 Å². The molecule has 5 nitrogen and oxygen atoms in total. The molecule has 0 saturated carbocycles. The average Bonchev–Trinajstić information content (AvgIpc) is 2.54. The summed E-state index contributed by atoms with van der Waals surface area (Å²) in [5, 5.41) is 7.59.